The monoisotopic (exact) mass is 317 g/mol. The fourth-order valence-electron chi connectivity index (χ4n) is 1.96. The summed E-state index contributed by atoms with van der Waals surface area (Å²) in [6, 6.07) is 3.68. The summed E-state index contributed by atoms with van der Waals surface area (Å²) in [5, 5.41) is 18.8. The van der Waals surface area contributed by atoms with Crippen LogP contribution < -0.4 is 10.5 Å². The molecule has 1 aliphatic rings. The molecule has 0 radical (unpaired) electrons. The first kappa shape index (κ1) is 15.6. The van der Waals surface area contributed by atoms with Crippen molar-refractivity contribution in [2.75, 3.05) is 31.7 Å². The molecule has 1 unspecified atom stereocenters. The van der Waals surface area contributed by atoms with Gasteiger partial charge in [-0.2, -0.15) is 0 Å². The van der Waals surface area contributed by atoms with Crippen molar-refractivity contribution in [3.05, 3.63) is 28.3 Å². The Morgan fingerprint density at radius 3 is 2.76 bits per heavy atom. The minimum absolute atomic E-state index is 0.140. The number of anilines is 1. The zero-order chi connectivity index (χ0) is 15.5. The van der Waals surface area contributed by atoms with Crippen molar-refractivity contribution in [3.8, 4) is 0 Å². The van der Waals surface area contributed by atoms with Crippen molar-refractivity contribution in [1.29, 1.82) is 0 Å². The first-order chi connectivity index (χ1) is 9.89. The maximum Gasteiger partial charge on any atom is 0.293 e. The van der Waals surface area contributed by atoms with E-state index in [9.17, 15) is 18.5 Å². The third kappa shape index (κ3) is 3.88. The number of rotatable bonds is 5. The number of nitro benzene ring substituents is 1. The molecule has 1 saturated heterocycles. The Bertz CT molecular complexity index is 627. The van der Waals surface area contributed by atoms with Gasteiger partial charge in [-0.3, -0.25) is 10.1 Å². The van der Waals surface area contributed by atoms with Gasteiger partial charge in [-0.05, 0) is 6.07 Å². The summed E-state index contributed by atoms with van der Waals surface area (Å²) in [7, 11) is -4.08. The summed E-state index contributed by atoms with van der Waals surface area (Å²) in [6.45, 7) is 1.42. The van der Waals surface area contributed by atoms with E-state index in [4.69, 9.17) is 14.6 Å². The summed E-state index contributed by atoms with van der Waals surface area (Å²) in [6.07, 6.45) is -0.313. The third-order valence-corrected chi connectivity index (χ3v) is 3.85. The van der Waals surface area contributed by atoms with Gasteiger partial charge in [0.05, 0.1) is 30.8 Å². The van der Waals surface area contributed by atoms with Crippen molar-refractivity contribution in [2.24, 2.45) is 5.14 Å². The van der Waals surface area contributed by atoms with Crippen molar-refractivity contribution in [1.82, 2.24) is 0 Å². The molecule has 1 aromatic carbocycles. The van der Waals surface area contributed by atoms with Crippen molar-refractivity contribution < 1.29 is 22.8 Å². The number of nitro groups is 1. The number of para-hydroxylation sites is 1. The molecule has 0 aliphatic carbocycles. The van der Waals surface area contributed by atoms with Gasteiger partial charge < -0.3 is 14.8 Å². The lowest BCUT2D eigenvalue weighted by Crippen LogP contribution is -2.34. The fourth-order valence-corrected chi connectivity index (χ4v) is 2.69. The lowest BCUT2D eigenvalue weighted by molar-refractivity contribution is -0.384. The smallest absolute Gasteiger partial charge is 0.293 e. The van der Waals surface area contributed by atoms with Gasteiger partial charge >= 0.3 is 0 Å². The average Bonchev–Trinajstić information content (AvgIpc) is 2.44. The van der Waals surface area contributed by atoms with Crippen LogP contribution in [-0.2, 0) is 19.5 Å². The van der Waals surface area contributed by atoms with Crippen molar-refractivity contribution >= 4 is 21.4 Å². The van der Waals surface area contributed by atoms with Crippen molar-refractivity contribution in [3.63, 3.8) is 0 Å². The normalized spacial score (nSPS) is 19.2. The van der Waals surface area contributed by atoms with Crippen LogP contribution in [0.4, 0.5) is 11.4 Å². The van der Waals surface area contributed by atoms with Crippen LogP contribution in [0, 0.1) is 10.1 Å². The molecule has 1 heterocycles. The number of primary sulfonamides is 1. The molecular weight excluding hydrogens is 302 g/mol. The van der Waals surface area contributed by atoms with Gasteiger partial charge in [0, 0.05) is 12.6 Å². The fraction of sp³-hybridized carbons (Fsp3) is 0.455. The van der Waals surface area contributed by atoms with Gasteiger partial charge in [0.25, 0.3) is 5.69 Å². The highest BCUT2D eigenvalue weighted by Gasteiger charge is 2.24. The van der Waals surface area contributed by atoms with Crippen LogP contribution in [0.5, 0.6) is 0 Å². The van der Waals surface area contributed by atoms with Crippen LogP contribution in [0.3, 0.4) is 0 Å². The molecule has 3 N–H and O–H groups in total. The van der Waals surface area contributed by atoms with E-state index in [1.54, 1.807) is 0 Å². The number of hydrogen-bond acceptors (Lipinski definition) is 7. The second kappa shape index (κ2) is 6.35. The van der Waals surface area contributed by atoms with Gasteiger partial charge in [0.1, 0.15) is 10.6 Å². The van der Waals surface area contributed by atoms with E-state index in [0.717, 1.165) is 0 Å². The Balaban J connectivity index is 2.28. The van der Waals surface area contributed by atoms with E-state index in [-0.39, 0.29) is 28.9 Å². The highest BCUT2D eigenvalue weighted by molar-refractivity contribution is 7.89. The zero-order valence-corrected chi connectivity index (χ0v) is 11.8. The van der Waals surface area contributed by atoms with Gasteiger partial charge in [-0.15, -0.1) is 0 Å². The van der Waals surface area contributed by atoms with Crippen LogP contribution >= 0.6 is 0 Å². The number of hydrogen-bond donors (Lipinski definition) is 2. The minimum Gasteiger partial charge on any atom is -0.376 e. The maximum atomic E-state index is 11.5. The van der Waals surface area contributed by atoms with Crippen LogP contribution in [0.25, 0.3) is 0 Å². The highest BCUT2D eigenvalue weighted by Crippen LogP contribution is 2.30. The van der Waals surface area contributed by atoms with Gasteiger partial charge in [0.2, 0.25) is 10.0 Å². The van der Waals surface area contributed by atoms with E-state index in [2.05, 4.69) is 5.32 Å². The summed E-state index contributed by atoms with van der Waals surface area (Å²) >= 11 is 0. The molecule has 21 heavy (non-hydrogen) atoms. The summed E-state index contributed by atoms with van der Waals surface area (Å²) in [5.41, 5.74) is -0.502. The van der Waals surface area contributed by atoms with Gasteiger partial charge in [-0.25, -0.2) is 13.6 Å². The van der Waals surface area contributed by atoms with Gasteiger partial charge in [-0.1, -0.05) is 6.07 Å². The molecule has 0 amide bonds. The van der Waals surface area contributed by atoms with Crippen molar-refractivity contribution in [2.45, 2.75) is 11.0 Å². The standard InChI is InChI=1S/C11H15N3O6S/c12-21(17,18)10-3-1-2-9(14(15)16)11(10)13-6-8-7-19-4-5-20-8/h1-3,8,13H,4-7H2,(H2,12,17,18). The van der Waals surface area contributed by atoms with E-state index in [0.29, 0.717) is 19.8 Å². The predicted octanol–water partition coefficient (Wildman–Crippen LogP) is 0.0695. The SMILES string of the molecule is NS(=O)(=O)c1cccc([N+](=O)[O-])c1NCC1COCCO1. The molecule has 0 bridgehead atoms. The highest BCUT2D eigenvalue weighted by atomic mass is 32.2. The molecule has 0 saturated carbocycles. The Labute approximate surface area is 121 Å². The zero-order valence-electron chi connectivity index (χ0n) is 11.0. The molecule has 0 aromatic heterocycles. The molecule has 2 rings (SSSR count). The van der Waals surface area contributed by atoms with Crippen LogP contribution in [-0.4, -0.2) is 45.8 Å². The molecular formula is C11H15N3O6S. The predicted molar refractivity (Wildman–Crippen MR) is 73.5 cm³/mol. The third-order valence-electron chi connectivity index (χ3n) is 2.90. The summed E-state index contributed by atoms with van der Waals surface area (Å²) in [5.74, 6) is 0. The molecule has 0 spiro atoms. The molecule has 1 atom stereocenters. The molecule has 1 aliphatic heterocycles. The topological polar surface area (TPSA) is 134 Å². The van der Waals surface area contributed by atoms with E-state index in [1.165, 1.54) is 18.2 Å². The first-order valence-corrected chi connectivity index (χ1v) is 7.67. The number of nitrogens with zero attached hydrogens (tertiary/aromatic N) is 1. The Morgan fingerprint density at radius 2 is 2.19 bits per heavy atom. The van der Waals surface area contributed by atoms with E-state index >= 15 is 0 Å². The lowest BCUT2D eigenvalue weighted by atomic mass is 10.2. The van der Waals surface area contributed by atoms with Crippen LogP contribution in [0.15, 0.2) is 23.1 Å². The molecule has 1 fully saturated rings. The number of nitrogens with one attached hydrogen (secondary N) is 1. The quantitative estimate of drug-likeness (QED) is 0.579. The number of benzene rings is 1. The second-order valence-corrected chi connectivity index (χ2v) is 5.93. The average molecular weight is 317 g/mol. The summed E-state index contributed by atoms with van der Waals surface area (Å²) in [4.78, 5) is 10.0. The lowest BCUT2D eigenvalue weighted by Gasteiger charge is -2.23. The Hall–Kier alpha value is -1.75. The number of ether oxygens (including phenoxy) is 2. The molecule has 116 valence electrons. The molecule has 9 nitrogen and oxygen atoms in total. The first-order valence-electron chi connectivity index (χ1n) is 6.13. The number of nitrogens with two attached hydrogens (primary N) is 1. The minimum atomic E-state index is -4.08. The number of sulfonamides is 1. The van der Waals surface area contributed by atoms with E-state index in [1.807, 2.05) is 0 Å². The van der Waals surface area contributed by atoms with Gasteiger partial charge in [0.15, 0.2) is 0 Å². The largest absolute Gasteiger partial charge is 0.376 e. The molecule has 10 heteroatoms. The second-order valence-electron chi connectivity index (χ2n) is 4.40. The Kier molecular flexibility index (Phi) is 4.73. The Morgan fingerprint density at radius 1 is 1.43 bits per heavy atom. The van der Waals surface area contributed by atoms with E-state index < -0.39 is 14.9 Å². The molecule has 1 aromatic rings. The van der Waals surface area contributed by atoms with Crippen LogP contribution in [0.2, 0.25) is 0 Å². The maximum absolute atomic E-state index is 11.5. The summed E-state index contributed by atoms with van der Waals surface area (Å²) < 4.78 is 33.7. The van der Waals surface area contributed by atoms with Crippen LogP contribution in [0.1, 0.15) is 0 Å².